The van der Waals surface area contributed by atoms with E-state index >= 15 is 0 Å². The number of benzene rings is 1. The number of hydrogen-bond donors (Lipinski definition) is 1. The van der Waals surface area contributed by atoms with Crippen LogP contribution in [0.25, 0.3) is 0 Å². The fourth-order valence-electron chi connectivity index (χ4n) is 2.59. The van der Waals surface area contributed by atoms with E-state index in [1.54, 1.807) is 0 Å². The quantitative estimate of drug-likeness (QED) is 0.772. The molecule has 20 heavy (non-hydrogen) atoms. The molecule has 1 aromatic rings. The molecule has 0 spiro atoms. The van der Waals surface area contributed by atoms with E-state index in [-0.39, 0.29) is 5.54 Å². The molecular formula is C17H29BrN2. The highest BCUT2D eigenvalue weighted by molar-refractivity contribution is 9.10. The molecule has 0 aliphatic heterocycles. The lowest BCUT2D eigenvalue weighted by molar-refractivity contribution is 0.0980. The van der Waals surface area contributed by atoms with E-state index in [0.717, 1.165) is 24.0 Å². The van der Waals surface area contributed by atoms with Crippen LogP contribution >= 0.6 is 15.9 Å². The van der Waals surface area contributed by atoms with Crippen molar-refractivity contribution < 1.29 is 0 Å². The molecule has 2 unspecified atom stereocenters. The van der Waals surface area contributed by atoms with Crippen LogP contribution in [0.3, 0.4) is 0 Å². The number of likely N-dealkylation sites (N-methyl/N-ethyl adjacent to an activating group) is 1. The molecule has 0 bridgehead atoms. The Morgan fingerprint density at radius 3 is 2.30 bits per heavy atom. The number of halogens is 1. The SMILES string of the molecule is CCC(C)CN(CC)C(C)(CN)Cc1ccc(Br)cc1. The van der Waals surface area contributed by atoms with Gasteiger partial charge in [-0.15, -0.1) is 0 Å². The number of hydrogen-bond acceptors (Lipinski definition) is 2. The maximum Gasteiger partial charge on any atom is 0.0343 e. The fraction of sp³-hybridized carbons (Fsp3) is 0.647. The Labute approximate surface area is 132 Å². The third-order valence-electron chi connectivity index (χ3n) is 4.31. The van der Waals surface area contributed by atoms with Gasteiger partial charge in [0.25, 0.3) is 0 Å². The molecule has 0 fully saturated rings. The molecule has 0 aromatic heterocycles. The Balaban J connectivity index is 2.84. The normalized spacial score (nSPS) is 16.1. The van der Waals surface area contributed by atoms with Crippen LogP contribution in [-0.4, -0.2) is 30.1 Å². The summed E-state index contributed by atoms with van der Waals surface area (Å²) in [5, 5.41) is 0. The summed E-state index contributed by atoms with van der Waals surface area (Å²) in [6.07, 6.45) is 2.22. The highest BCUT2D eigenvalue weighted by Gasteiger charge is 2.30. The van der Waals surface area contributed by atoms with Crippen molar-refractivity contribution in [1.82, 2.24) is 4.90 Å². The maximum atomic E-state index is 6.13. The van der Waals surface area contributed by atoms with Crippen LogP contribution in [0.15, 0.2) is 28.7 Å². The second-order valence-corrected chi connectivity index (χ2v) is 6.97. The van der Waals surface area contributed by atoms with Crippen molar-refractivity contribution in [3.8, 4) is 0 Å². The van der Waals surface area contributed by atoms with Crippen molar-refractivity contribution in [2.24, 2.45) is 11.7 Å². The topological polar surface area (TPSA) is 29.3 Å². The molecule has 1 rings (SSSR count). The molecule has 114 valence electrons. The van der Waals surface area contributed by atoms with Crippen molar-refractivity contribution in [1.29, 1.82) is 0 Å². The monoisotopic (exact) mass is 340 g/mol. The third kappa shape index (κ3) is 4.87. The first kappa shape index (κ1) is 17.7. The molecule has 2 atom stereocenters. The Morgan fingerprint density at radius 2 is 1.85 bits per heavy atom. The van der Waals surface area contributed by atoms with E-state index < -0.39 is 0 Å². The minimum Gasteiger partial charge on any atom is -0.329 e. The first-order valence-corrected chi connectivity index (χ1v) is 8.44. The van der Waals surface area contributed by atoms with Gasteiger partial charge in [0.1, 0.15) is 0 Å². The smallest absolute Gasteiger partial charge is 0.0343 e. The molecule has 0 aliphatic carbocycles. The second kappa shape index (κ2) is 8.16. The Morgan fingerprint density at radius 1 is 1.25 bits per heavy atom. The Bertz CT molecular complexity index is 390. The molecule has 0 saturated heterocycles. The molecular weight excluding hydrogens is 312 g/mol. The fourth-order valence-corrected chi connectivity index (χ4v) is 2.86. The van der Waals surface area contributed by atoms with Gasteiger partial charge in [0.05, 0.1) is 0 Å². The lowest BCUT2D eigenvalue weighted by atomic mass is 9.89. The van der Waals surface area contributed by atoms with Gasteiger partial charge >= 0.3 is 0 Å². The lowest BCUT2D eigenvalue weighted by Crippen LogP contribution is -2.54. The second-order valence-electron chi connectivity index (χ2n) is 6.06. The van der Waals surface area contributed by atoms with Gasteiger partial charge in [-0.05, 0) is 43.5 Å². The van der Waals surface area contributed by atoms with Crippen molar-refractivity contribution in [2.45, 2.75) is 46.1 Å². The lowest BCUT2D eigenvalue weighted by Gasteiger charge is -2.41. The highest BCUT2D eigenvalue weighted by Crippen LogP contribution is 2.23. The van der Waals surface area contributed by atoms with Gasteiger partial charge in [-0.1, -0.05) is 55.3 Å². The first-order valence-electron chi connectivity index (χ1n) is 7.64. The first-order chi connectivity index (χ1) is 9.45. The third-order valence-corrected chi connectivity index (χ3v) is 4.84. The summed E-state index contributed by atoms with van der Waals surface area (Å²) < 4.78 is 1.13. The van der Waals surface area contributed by atoms with Crippen LogP contribution in [0, 0.1) is 5.92 Å². The van der Waals surface area contributed by atoms with Crippen LogP contribution < -0.4 is 5.73 Å². The molecule has 0 saturated carbocycles. The summed E-state index contributed by atoms with van der Waals surface area (Å²) >= 11 is 3.49. The largest absolute Gasteiger partial charge is 0.329 e. The average Bonchev–Trinajstić information content (AvgIpc) is 2.46. The zero-order valence-corrected chi connectivity index (χ0v) is 14.9. The van der Waals surface area contributed by atoms with E-state index in [0.29, 0.717) is 12.5 Å². The Hall–Kier alpha value is -0.380. The summed E-state index contributed by atoms with van der Waals surface area (Å²) in [6, 6.07) is 8.60. The van der Waals surface area contributed by atoms with E-state index in [4.69, 9.17) is 5.73 Å². The van der Waals surface area contributed by atoms with Crippen LogP contribution in [0.5, 0.6) is 0 Å². The van der Waals surface area contributed by atoms with E-state index in [1.165, 1.54) is 12.0 Å². The summed E-state index contributed by atoms with van der Waals surface area (Å²) in [5.74, 6) is 0.714. The molecule has 0 aliphatic rings. The highest BCUT2D eigenvalue weighted by atomic mass is 79.9. The average molecular weight is 341 g/mol. The predicted molar refractivity (Wildman–Crippen MR) is 92.0 cm³/mol. The van der Waals surface area contributed by atoms with Gasteiger partial charge in [0.2, 0.25) is 0 Å². The van der Waals surface area contributed by atoms with Crippen LogP contribution in [0.1, 0.15) is 39.7 Å². The molecule has 2 N–H and O–H groups in total. The van der Waals surface area contributed by atoms with Crippen molar-refractivity contribution in [3.63, 3.8) is 0 Å². The van der Waals surface area contributed by atoms with Crippen LogP contribution in [-0.2, 0) is 6.42 Å². The van der Waals surface area contributed by atoms with Crippen molar-refractivity contribution in [2.75, 3.05) is 19.6 Å². The molecule has 0 radical (unpaired) electrons. The molecule has 0 amide bonds. The van der Waals surface area contributed by atoms with Crippen LogP contribution in [0.4, 0.5) is 0 Å². The molecule has 1 aromatic carbocycles. The zero-order chi connectivity index (χ0) is 15.2. The minimum absolute atomic E-state index is 0.0337. The zero-order valence-electron chi connectivity index (χ0n) is 13.3. The van der Waals surface area contributed by atoms with Gasteiger partial charge in [0.15, 0.2) is 0 Å². The van der Waals surface area contributed by atoms with Gasteiger partial charge in [-0.25, -0.2) is 0 Å². The standard InChI is InChI=1S/C17H29BrN2/c1-5-14(3)12-20(6-2)17(4,13-19)11-15-7-9-16(18)10-8-15/h7-10,14H,5-6,11-13,19H2,1-4H3. The van der Waals surface area contributed by atoms with Gasteiger partial charge in [-0.2, -0.15) is 0 Å². The summed E-state index contributed by atoms with van der Waals surface area (Å²) in [4.78, 5) is 2.54. The number of nitrogens with two attached hydrogens (primary N) is 1. The van der Waals surface area contributed by atoms with E-state index in [1.807, 2.05) is 0 Å². The van der Waals surface area contributed by atoms with Gasteiger partial charge in [-0.3, -0.25) is 4.90 Å². The predicted octanol–water partition coefficient (Wildman–Crippen LogP) is 4.08. The van der Waals surface area contributed by atoms with Gasteiger partial charge in [0, 0.05) is 23.1 Å². The summed E-state index contributed by atoms with van der Waals surface area (Å²) in [6.45, 7) is 12.0. The van der Waals surface area contributed by atoms with E-state index in [9.17, 15) is 0 Å². The molecule has 3 heteroatoms. The summed E-state index contributed by atoms with van der Waals surface area (Å²) in [7, 11) is 0. The Kier molecular flexibility index (Phi) is 7.21. The molecule has 2 nitrogen and oxygen atoms in total. The van der Waals surface area contributed by atoms with Crippen LogP contribution in [0.2, 0.25) is 0 Å². The van der Waals surface area contributed by atoms with Crippen molar-refractivity contribution in [3.05, 3.63) is 34.3 Å². The van der Waals surface area contributed by atoms with E-state index in [2.05, 4.69) is 72.8 Å². The maximum absolute atomic E-state index is 6.13. The van der Waals surface area contributed by atoms with Gasteiger partial charge < -0.3 is 5.73 Å². The minimum atomic E-state index is 0.0337. The molecule has 0 heterocycles. The van der Waals surface area contributed by atoms with Crippen molar-refractivity contribution >= 4 is 15.9 Å². The summed E-state index contributed by atoms with van der Waals surface area (Å²) in [5.41, 5.74) is 7.51. The number of nitrogens with zero attached hydrogens (tertiary/aromatic N) is 1. The number of rotatable bonds is 8.